The Bertz CT molecular complexity index is 345. The van der Waals surface area contributed by atoms with Gasteiger partial charge in [-0.05, 0) is 6.42 Å². The van der Waals surface area contributed by atoms with E-state index in [1.54, 1.807) is 0 Å². The van der Waals surface area contributed by atoms with Crippen molar-refractivity contribution in [2.75, 3.05) is 19.7 Å². The molecule has 0 saturated heterocycles. The van der Waals surface area contributed by atoms with Crippen LogP contribution in [0.1, 0.15) is 11.3 Å². The maximum atomic E-state index is 12.3. The number of nitrogens with zero attached hydrogens (tertiary/aromatic N) is 2. The molecule has 0 spiro atoms. The average Bonchev–Trinajstić information content (AvgIpc) is 2.58. The molecule has 1 heterocycles. The fourth-order valence-electron chi connectivity index (χ4n) is 1.34. The monoisotopic (exact) mass is 288 g/mol. The maximum absolute atomic E-state index is 12.3. The van der Waals surface area contributed by atoms with Crippen LogP contribution < -0.4 is 0 Å². The largest absolute Gasteiger partial charge is 0.401 e. The van der Waals surface area contributed by atoms with Gasteiger partial charge in [-0.3, -0.25) is 4.90 Å². The second kappa shape index (κ2) is 6.53. The van der Waals surface area contributed by atoms with Crippen LogP contribution in [-0.2, 0) is 6.54 Å². The molecule has 3 nitrogen and oxygen atoms in total. The number of rotatable bonds is 6. The zero-order valence-electron chi connectivity index (χ0n) is 8.87. The standard InChI is InChI=1S/C9H12ClF3N2OS/c10-8-14-4-7(17-8)5-15(2-1-3-16)6-9(11,12)13/h4,16H,1-3,5-6H2. The first kappa shape index (κ1) is 14.7. The molecule has 17 heavy (non-hydrogen) atoms. The van der Waals surface area contributed by atoms with Gasteiger partial charge in [0.1, 0.15) is 0 Å². The van der Waals surface area contributed by atoms with E-state index in [-0.39, 0.29) is 19.7 Å². The Morgan fingerprint density at radius 1 is 1.47 bits per heavy atom. The number of hydrogen-bond donors (Lipinski definition) is 1. The predicted molar refractivity (Wildman–Crippen MR) is 60.2 cm³/mol. The second-order valence-electron chi connectivity index (χ2n) is 3.48. The number of aromatic nitrogens is 1. The molecule has 0 bridgehead atoms. The van der Waals surface area contributed by atoms with E-state index in [0.717, 1.165) is 11.3 Å². The summed E-state index contributed by atoms with van der Waals surface area (Å²) in [7, 11) is 0. The van der Waals surface area contributed by atoms with Crippen molar-refractivity contribution in [1.29, 1.82) is 0 Å². The number of halogens is 4. The van der Waals surface area contributed by atoms with E-state index in [0.29, 0.717) is 15.8 Å². The first-order valence-electron chi connectivity index (χ1n) is 4.91. The fourth-order valence-corrected chi connectivity index (χ4v) is 2.36. The highest BCUT2D eigenvalue weighted by Crippen LogP contribution is 2.22. The number of aliphatic hydroxyl groups is 1. The minimum absolute atomic E-state index is 0.127. The van der Waals surface area contributed by atoms with Crippen molar-refractivity contribution in [3.8, 4) is 0 Å². The highest BCUT2D eigenvalue weighted by molar-refractivity contribution is 7.15. The van der Waals surface area contributed by atoms with Crippen LogP contribution >= 0.6 is 22.9 Å². The van der Waals surface area contributed by atoms with Crippen LogP contribution in [0.4, 0.5) is 13.2 Å². The van der Waals surface area contributed by atoms with E-state index >= 15 is 0 Å². The van der Waals surface area contributed by atoms with Crippen molar-refractivity contribution in [2.24, 2.45) is 0 Å². The molecule has 1 rings (SSSR count). The average molecular weight is 289 g/mol. The summed E-state index contributed by atoms with van der Waals surface area (Å²) in [5, 5.41) is 8.64. The van der Waals surface area contributed by atoms with Gasteiger partial charge in [0.25, 0.3) is 0 Å². The number of alkyl halides is 3. The molecule has 1 aromatic rings. The molecular formula is C9H12ClF3N2OS. The lowest BCUT2D eigenvalue weighted by molar-refractivity contribution is -0.147. The molecular weight excluding hydrogens is 277 g/mol. The van der Waals surface area contributed by atoms with Gasteiger partial charge in [-0.15, -0.1) is 11.3 Å². The summed E-state index contributed by atoms with van der Waals surface area (Å²) in [6, 6.07) is 0. The third-order valence-corrected chi connectivity index (χ3v) is 3.04. The molecule has 0 amide bonds. The predicted octanol–water partition coefficient (Wildman–Crippen LogP) is 2.54. The molecule has 0 radical (unpaired) electrons. The zero-order valence-corrected chi connectivity index (χ0v) is 10.4. The van der Waals surface area contributed by atoms with E-state index in [1.807, 2.05) is 0 Å². The number of thiazole rings is 1. The molecule has 0 fully saturated rings. The molecule has 98 valence electrons. The smallest absolute Gasteiger partial charge is 0.396 e. The first-order valence-corrected chi connectivity index (χ1v) is 6.10. The maximum Gasteiger partial charge on any atom is 0.401 e. The third kappa shape index (κ3) is 6.21. The van der Waals surface area contributed by atoms with E-state index in [4.69, 9.17) is 16.7 Å². The van der Waals surface area contributed by atoms with Gasteiger partial charge >= 0.3 is 6.18 Å². The van der Waals surface area contributed by atoms with Crippen LogP contribution in [0.3, 0.4) is 0 Å². The molecule has 0 aromatic carbocycles. The number of aliphatic hydroxyl groups excluding tert-OH is 1. The van der Waals surface area contributed by atoms with Crippen molar-refractivity contribution in [2.45, 2.75) is 19.1 Å². The van der Waals surface area contributed by atoms with Crippen LogP contribution in [0.5, 0.6) is 0 Å². The summed E-state index contributed by atoms with van der Waals surface area (Å²) in [4.78, 5) is 5.67. The molecule has 1 aromatic heterocycles. The minimum atomic E-state index is -4.25. The highest BCUT2D eigenvalue weighted by atomic mass is 35.5. The van der Waals surface area contributed by atoms with Crippen LogP contribution in [0.15, 0.2) is 6.20 Å². The zero-order chi connectivity index (χ0) is 12.9. The molecule has 0 aliphatic heterocycles. The Morgan fingerprint density at radius 2 is 2.18 bits per heavy atom. The minimum Gasteiger partial charge on any atom is -0.396 e. The van der Waals surface area contributed by atoms with Gasteiger partial charge in [-0.25, -0.2) is 4.98 Å². The van der Waals surface area contributed by atoms with Crippen LogP contribution in [0.2, 0.25) is 4.47 Å². The molecule has 8 heteroatoms. The molecule has 0 saturated carbocycles. The summed E-state index contributed by atoms with van der Waals surface area (Å²) >= 11 is 6.77. The van der Waals surface area contributed by atoms with Crippen molar-refractivity contribution in [3.63, 3.8) is 0 Å². The Balaban J connectivity index is 2.56. The SMILES string of the molecule is OCCCN(Cc1cnc(Cl)s1)CC(F)(F)F. The molecule has 1 N–H and O–H groups in total. The fraction of sp³-hybridized carbons (Fsp3) is 0.667. The number of hydrogen-bond acceptors (Lipinski definition) is 4. The quantitative estimate of drug-likeness (QED) is 0.874. The van der Waals surface area contributed by atoms with E-state index < -0.39 is 12.7 Å². The van der Waals surface area contributed by atoms with Crippen molar-refractivity contribution < 1.29 is 18.3 Å². The van der Waals surface area contributed by atoms with Gasteiger partial charge in [-0.2, -0.15) is 13.2 Å². The van der Waals surface area contributed by atoms with Gasteiger partial charge in [0, 0.05) is 30.8 Å². The van der Waals surface area contributed by atoms with Gasteiger partial charge in [0.2, 0.25) is 0 Å². The van der Waals surface area contributed by atoms with Gasteiger partial charge < -0.3 is 5.11 Å². The first-order chi connectivity index (χ1) is 7.90. The Labute approximate surface area is 106 Å². The van der Waals surface area contributed by atoms with Crippen molar-refractivity contribution >= 4 is 22.9 Å². The lowest BCUT2D eigenvalue weighted by atomic mass is 10.3. The normalized spacial score (nSPS) is 12.4. The third-order valence-electron chi connectivity index (χ3n) is 1.94. The molecule has 0 aliphatic rings. The molecule has 0 aliphatic carbocycles. The Kier molecular flexibility index (Phi) is 5.64. The summed E-state index contributed by atoms with van der Waals surface area (Å²) in [6.45, 7) is -0.796. The Morgan fingerprint density at radius 3 is 2.65 bits per heavy atom. The van der Waals surface area contributed by atoms with Crippen LogP contribution in [-0.4, -0.2) is 40.9 Å². The summed E-state index contributed by atoms with van der Waals surface area (Å²) in [5.74, 6) is 0. The van der Waals surface area contributed by atoms with Gasteiger partial charge in [0.15, 0.2) is 4.47 Å². The lowest BCUT2D eigenvalue weighted by Gasteiger charge is -2.22. The molecule has 0 atom stereocenters. The van der Waals surface area contributed by atoms with Crippen molar-refractivity contribution in [3.05, 3.63) is 15.5 Å². The van der Waals surface area contributed by atoms with E-state index in [9.17, 15) is 13.2 Å². The van der Waals surface area contributed by atoms with Gasteiger partial charge in [-0.1, -0.05) is 11.6 Å². The summed E-state index contributed by atoms with van der Waals surface area (Å²) in [6.07, 6.45) is -2.47. The highest BCUT2D eigenvalue weighted by Gasteiger charge is 2.30. The van der Waals surface area contributed by atoms with E-state index in [1.165, 1.54) is 11.1 Å². The Hall–Kier alpha value is -0.370. The molecule has 0 unspecified atom stereocenters. The van der Waals surface area contributed by atoms with E-state index in [2.05, 4.69) is 4.98 Å². The van der Waals surface area contributed by atoms with Crippen LogP contribution in [0, 0.1) is 0 Å². The van der Waals surface area contributed by atoms with Gasteiger partial charge in [0.05, 0.1) is 6.54 Å². The summed E-state index contributed by atoms with van der Waals surface area (Å²) in [5.41, 5.74) is 0. The summed E-state index contributed by atoms with van der Waals surface area (Å²) < 4.78 is 37.2. The topological polar surface area (TPSA) is 36.4 Å². The second-order valence-corrected chi connectivity index (χ2v) is 5.18. The van der Waals surface area contributed by atoms with Crippen molar-refractivity contribution in [1.82, 2.24) is 9.88 Å². The van der Waals surface area contributed by atoms with Crippen LogP contribution in [0.25, 0.3) is 0 Å². The lowest BCUT2D eigenvalue weighted by Crippen LogP contribution is -2.34.